The maximum absolute atomic E-state index is 12.2. The topological polar surface area (TPSA) is 237 Å². The zero-order valence-corrected chi connectivity index (χ0v) is 85.5. The van der Waals surface area contributed by atoms with Gasteiger partial charge >= 0.3 is 53.7 Å². The van der Waals surface area contributed by atoms with E-state index in [2.05, 4.69) is 108 Å². The lowest BCUT2D eigenvalue weighted by Crippen LogP contribution is -2.62. The Morgan fingerprint density at radius 1 is 0.323 bits per heavy atom. The Morgan fingerprint density at radius 2 is 0.592 bits per heavy atom. The normalized spacial score (nSPS) is 34.1. The quantitative estimate of drug-likeness (QED) is 0.0525. The molecule has 0 aliphatic heterocycles. The third kappa shape index (κ3) is 28.5. The molecule has 20 aliphatic rings. The van der Waals surface area contributed by atoms with E-state index in [9.17, 15) is 43.2 Å². The van der Waals surface area contributed by atoms with Gasteiger partial charge in [-0.2, -0.15) is 0 Å². The summed E-state index contributed by atoms with van der Waals surface area (Å²) in [5.74, 6) is 12.8. The maximum Gasteiger partial charge on any atom is 0.333 e. The minimum atomic E-state index is -0.407. The van der Waals surface area contributed by atoms with Gasteiger partial charge in [0.15, 0.2) is 0 Å². The molecule has 0 radical (unpaired) electrons. The summed E-state index contributed by atoms with van der Waals surface area (Å²) in [6.45, 7) is 77.9. The summed E-state index contributed by atoms with van der Waals surface area (Å²) in [6.07, 6.45) is 44.2. The van der Waals surface area contributed by atoms with Gasteiger partial charge in [0, 0.05) is 57.6 Å². The van der Waals surface area contributed by atoms with Gasteiger partial charge in [0.25, 0.3) is 0 Å². The van der Waals surface area contributed by atoms with E-state index >= 15 is 0 Å². The molecule has 0 heterocycles. The number of rotatable bonds is 23. The van der Waals surface area contributed by atoms with E-state index in [-0.39, 0.29) is 98.3 Å². The Balaban J connectivity index is 0.000000203. The summed E-state index contributed by atoms with van der Waals surface area (Å²) < 4.78 is 49.4. The molecular formula is C112H176O18. The van der Waals surface area contributed by atoms with E-state index in [0.29, 0.717) is 81.1 Å². The van der Waals surface area contributed by atoms with Gasteiger partial charge in [-0.15, -0.1) is 0 Å². The van der Waals surface area contributed by atoms with Crippen molar-refractivity contribution < 1.29 is 85.8 Å². The zero-order chi connectivity index (χ0) is 97.7. The van der Waals surface area contributed by atoms with Gasteiger partial charge in [0.05, 0.1) is 0 Å². The molecule has 18 heteroatoms. The first-order chi connectivity index (χ1) is 60.2. The van der Waals surface area contributed by atoms with Gasteiger partial charge in [-0.05, 0) is 443 Å². The van der Waals surface area contributed by atoms with E-state index in [1.165, 1.54) is 198 Å². The SMILES string of the molecule is C=C(C)C(=O)OC(C)(C)C.C=C(C)C(=O)OC(C)(C)C12CC3CC(CC(C3)C1)C2.C=C(C)C(=O)OC(C)(C)CC.C=C(C)C(=O)OC1(C)C2CC3CC(C2)CC1C3.C=C(C)C(=O)OC1(CCCC)C2CC3CC(C2)CC1C3.C=CC(=O)OC(C)(C)C.C=CC(=O)OC(C)(C)CC.C=CC(=O)OC1(C(C)C)C2CC3CC(C2)CC1C3.C=CC(=O)OC1(C)C2CC3CC(C2)CC1C3. The lowest BCUT2D eigenvalue weighted by molar-refractivity contribution is -0.221. The van der Waals surface area contributed by atoms with E-state index in [1.807, 2.05) is 83.1 Å². The van der Waals surface area contributed by atoms with Crippen molar-refractivity contribution in [3.8, 4) is 0 Å². The van der Waals surface area contributed by atoms with Crippen LogP contribution in [0.5, 0.6) is 0 Å². The minimum Gasteiger partial charge on any atom is -0.457 e. The standard InChI is InChI=1S/C18H28O2.C17H26O2.C16H24O2.C15H22O2.C14H20O2.C9H16O2.2C8H14O2.C7H12O2/c1-4-5-6-18(20-17(19)12(2)3)15-8-13-7-14(10-15)11-16(18)9-13;1-11(2)15(18)19-16(3,4)17-8-12-5-13(9-17)7-14(6-12)10-17;1-4-15(17)18-16(10(2)3)13-6-11-5-12(8-13)9-14(16)7-11;1-9(2)14(16)17-15(3)12-5-10-4-11(7-12)8-13(15)6-10;1-3-13(15)16-14(2)11-5-9-4-10(7-11)8-12(14)6-9;1-6-9(4,5)11-8(10)7(2)3;1-6(2)7(9)10-8(3,4)5;1-5-7(9)10-8(3,4)6-2;1-5-6(8)9-7(2,3)4/h13-16H,2,4-11H2,1,3H3;12-14H,1,5-10H2,2-4H3;4,10-14H,1,5-9H2,2-3H3;10-13H,1,4-8H2,2-3H3;3,9-12H,1,4-8H2,2H3;2,6H2,1,3-5H3;1H2,2-5H3;5H,1,6H2,2-4H3;5H,1H2,2-4H3. The Morgan fingerprint density at radius 3 is 0.877 bits per heavy atom. The third-order valence-electron chi connectivity index (χ3n) is 32.8. The molecule has 0 atom stereocenters. The molecule has 20 aliphatic carbocycles. The van der Waals surface area contributed by atoms with Crippen LogP contribution < -0.4 is 0 Å². The Hall–Kier alpha value is -7.11. The molecule has 20 rings (SSSR count). The van der Waals surface area contributed by atoms with Crippen LogP contribution in [0.2, 0.25) is 0 Å². The molecule has 0 aromatic carbocycles. The van der Waals surface area contributed by atoms with Crippen molar-refractivity contribution in [1.29, 1.82) is 0 Å². The molecule has 0 saturated heterocycles. The van der Waals surface area contributed by atoms with Crippen LogP contribution in [0.3, 0.4) is 0 Å². The van der Waals surface area contributed by atoms with Crippen LogP contribution in [0.25, 0.3) is 0 Å². The van der Waals surface area contributed by atoms with Crippen molar-refractivity contribution in [3.05, 3.63) is 111 Å². The highest BCUT2D eigenvalue weighted by Gasteiger charge is 2.64. The zero-order valence-electron chi connectivity index (χ0n) is 85.5. The highest BCUT2D eigenvalue weighted by atomic mass is 16.6. The van der Waals surface area contributed by atoms with Gasteiger partial charge in [-0.1, -0.05) is 100 Å². The maximum atomic E-state index is 12.2. The van der Waals surface area contributed by atoms with Crippen LogP contribution in [0.4, 0.5) is 0 Å². The number of hydrogen-bond donors (Lipinski definition) is 0. The smallest absolute Gasteiger partial charge is 0.333 e. The number of ether oxygens (including phenoxy) is 9. The van der Waals surface area contributed by atoms with E-state index in [0.717, 1.165) is 90.4 Å². The van der Waals surface area contributed by atoms with Gasteiger partial charge in [-0.3, -0.25) is 0 Å². The van der Waals surface area contributed by atoms with Crippen LogP contribution in [0.1, 0.15) is 365 Å². The van der Waals surface area contributed by atoms with Crippen LogP contribution in [-0.2, 0) is 85.8 Å². The first-order valence-corrected chi connectivity index (χ1v) is 50.1. The lowest BCUT2D eigenvalue weighted by Gasteiger charge is -2.61. The summed E-state index contributed by atoms with van der Waals surface area (Å²) in [5.41, 5.74) is 0.0865. The third-order valence-corrected chi connectivity index (χ3v) is 32.8. The van der Waals surface area contributed by atoms with Gasteiger partial charge in [0.1, 0.15) is 50.4 Å². The number of carbonyl (C=O) groups is 9. The Kier molecular flexibility index (Phi) is 38.1. The predicted molar refractivity (Wildman–Crippen MR) is 517 cm³/mol. The molecular weight excluding hydrogens is 1630 g/mol. The fraction of sp³-hybridized carbons (Fsp3) is 0.759. The Labute approximate surface area is 785 Å². The van der Waals surface area contributed by atoms with Crippen molar-refractivity contribution in [2.75, 3.05) is 0 Å². The molecule has 20 fully saturated rings. The van der Waals surface area contributed by atoms with Crippen LogP contribution >= 0.6 is 0 Å². The number of unbranched alkanes of at least 4 members (excludes halogenated alkanes) is 1. The van der Waals surface area contributed by atoms with Crippen molar-refractivity contribution in [2.45, 2.75) is 416 Å². The molecule has 0 aromatic rings. The van der Waals surface area contributed by atoms with Crippen molar-refractivity contribution in [3.63, 3.8) is 0 Å². The second-order valence-corrected chi connectivity index (χ2v) is 47.2. The first kappa shape index (κ1) is 110. The molecule has 20 saturated carbocycles. The summed E-state index contributed by atoms with van der Waals surface area (Å²) in [4.78, 5) is 102. The van der Waals surface area contributed by atoms with Crippen molar-refractivity contribution in [1.82, 2.24) is 0 Å². The van der Waals surface area contributed by atoms with Gasteiger partial charge < -0.3 is 42.6 Å². The lowest BCUT2D eigenvalue weighted by atomic mass is 9.46. The minimum absolute atomic E-state index is 0.153. The first-order valence-electron chi connectivity index (χ1n) is 50.1. The fourth-order valence-electron chi connectivity index (χ4n) is 26.6. The van der Waals surface area contributed by atoms with Crippen molar-refractivity contribution in [2.24, 2.45) is 124 Å². The van der Waals surface area contributed by atoms with E-state index < -0.39 is 11.2 Å². The summed E-state index contributed by atoms with van der Waals surface area (Å²) in [6, 6.07) is 0. The second kappa shape index (κ2) is 45.0. The average molecular weight is 1810 g/mol. The molecule has 0 amide bonds. The molecule has 20 bridgehead atoms. The van der Waals surface area contributed by atoms with Gasteiger partial charge in [-0.25, -0.2) is 43.2 Å². The monoisotopic (exact) mass is 1810 g/mol. The number of hydrogen-bond acceptors (Lipinski definition) is 18. The number of esters is 9. The highest BCUT2D eigenvalue weighted by molar-refractivity contribution is 5.89. The molecule has 732 valence electrons. The van der Waals surface area contributed by atoms with Gasteiger partial charge in [0.2, 0.25) is 0 Å². The molecule has 0 spiro atoms. The average Bonchev–Trinajstić information content (AvgIpc) is 0.748. The summed E-state index contributed by atoms with van der Waals surface area (Å²) in [7, 11) is 0. The van der Waals surface area contributed by atoms with E-state index in [4.69, 9.17) is 42.6 Å². The summed E-state index contributed by atoms with van der Waals surface area (Å²) in [5, 5.41) is 0. The highest BCUT2D eigenvalue weighted by Crippen LogP contribution is 2.67. The number of carbonyl (C=O) groups excluding carboxylic acids is 9. The molecule has 130 heavy (non-hydrogen) atoms. The molecule has 0 aromatic heterocycles. The fourth-order valence-corrected chi connectivity index (χ4v) is 26.6. The van der Waals surface area contributed by atoms with Crippen molar-refractivity contribution >= 4 is 53.7 Å². The second-order valence-electron chi connectivity index (χ2n) is 47.2. The molecule has 0 unspecified atom stereocenters. The molecule has 18 nitrogen and oxygen atoms in total. The molecule has 0 N–H and O–H groups in total. The van der Waals surface area contributed by atoms with Crippen LogP contribution in [0.15, 0.2) is 111 Å². The Bertz CT molecular complexity index is 3910. The summed E-state index contributed by atoms with van der Waals surface area (Å²) >= 11 is 0. The van der Waals surface area contributed by atoms with E-state index in [1.54, 1.807) is 34.6 Å². The predicted octanol–water partition coefficient (Wildman–Crippen LogP) is 26.0. The van der Waals surface area contributed by atoms with Crippen LogP contribution in [-0.4, -0.2) is 104 Å². The largest absolute Gasteiger partial charge is 0.457 e. The van der Waals surface area contributed by atoms with Crippen LogP contribution in [0, 0.1) is 124 Å².